The molecule has 0 unspecified atom stereocenters. The molecule has 0 saturated carbocycles. The average Bonchev–Trinajstić information content (AvgIpc) is 3.26. The number of amidine groups is 1. The summed E-state index contributed by atoms with van der Waals surface area (Å²) in [5, 5.41) is 5.73. The number of carbonyl (C=O) groups is 2. The number of ether oxygens (including phenoxy) is 1. The summed E-state index contributed by atoms with van der Waals surface area (Å²) in [6.45, 7) is 6.57. The minimum absolute atomic E-state index is 0.0846. The van der Waals surface area contributed by atoms with Crippen molar-refractivity contribution in [3.63, 3.8) is 0 Å². The molecule has 3 heterocycles. The van der Waals surface area contributed by atoms with Gasteiger partial charge >= 0.3 is 5.97 Å². The summed E-state index contributed by atoms with van der Waals surface area (Å²) in [6, 6.07) is 11.6. The molecule has 1 amide bonds. The minimum Gasteiger partial charge on any atom is -0.466 e. The van der Waals surface area contributed by atoms with E-state index in [0.29, 0.717) is 25.0 Å². The van der Waals surface area contributed by atoms with Crippen molar-refractivity contribution in [2.45, 2.75) is 46.1 Å². The number of hydrogen-bond donors (Lipinski definition) is 1. The molecular formula is C27H30N4O3S. The fraction of sp³-hybridized carbons (Fsp3) is 0.333. The first-order chi connectivity index (χ1) is 16.9. The molecule has 7 nitrogen and oxygen atoms in total. The van der Waals surface area contributed by atoms with Crippen LogP contribution in [0.25, 0.3) is 0 Å². The van der Waals surface area contributed by atoms with Crippen molar-refractivity contribution in [3.8, 4) is 0 Å². The number of esters is 1. The molecule has 4 rings (SSSR count). The van der Waals surface area contributed by atoms with Crippen LogP contribution in [0.5, 0.6) is 0 Å². The number of thioether (sulfide) groups is 1. The van der Waals surface area contributed by atoms with E-state index in [4.69, 9.17) is 9.73 Å². The van der Waals surface area contributed by atoms with Gasteiger partial charge in [-0.15, -0.1) is 0 Å². The Bertz CT molecular complexity index is 1220. The predicted molar refractivity (Wildman–Crippen MR) is 139 cm³/mol. The Morgan fingerprint density at radius 3 is 2.74 bits per heavy atom. The summed E-state index contributed by atoms with van der Waals surface area (Å²) in [5.41, 5.74) is 6.16. The van der Waals surface area contributed by atoms with Crippen molar-refractivity contribution in [1.29, 1.82) is 0 Å². The minimum atomic E-state index is -0.410. The lowest BCUT2D eigenvalue weighted by molar-refractivity contribution is -0.136. The SMILES string of the molecule is CCC1=C(C(=O)OC)[C@H](c2cc(C)ccc2C)N2C(CC(=O)NCCc3ccccn3)=CSC2=N1. The van der Waals surface area contributed by atoms with E-state index in [1.165, 1.54) is 18.9 Å². The largest absolute Gasteiger partial charge is 0.466 e. The van der Waals surface area contributed by atoms with Gasteiger partial charge in [-0.05, 0) is 48.9 Å². The molecule has 0 saturated heterocycles. The molecule has 0 bridgehead atoms. The topological polar surface area (TPSA) is 83.9 Å². The standard InChI is InChI=1S/C27H30N4O3S/c1-5-22-24(26(33)34-4)25(21-14-17(2)9-10-18(21)3)31-20(16-35-27(31)30-22)15-23(32)29-13-11-19-8-6-7-12-28-19/h6-10,12,14,16,25H,5,11,13,15H2,1-4H3,(H,29,32)/t25-/m0/s1. The Kier molecular flexibility index (Phi) is 7.70. The Labute approximate surface area is 210 Å². The number of amides is 1. The molecule has 8 heteroatoms. The summed E-state index contributed by atoms with van der Waals surface area (Å²) in [5.74, 6) is -0.481. The zero-order valence-electron chi connectivity index (χ0n) is 20.5. The Morgan fingerprint density at radius 2 is 2.03 bits per heavy atom. The number of fused-ring (bicyclic) bond motifs is 1. The monoisotopic (exact) mass is 490 g/mol. The van der Waals surface area contributed by atoms with Crippen LogP contribution >= 0.6 is 11.8 Å². The maximum Gasteiger partial charge on any atom is 0.338 e. The number of carbonyl (C=O) groups excluding carboxylic acids is 2. The maximum atomic E-state index is 13.0. The Morgan fingerprint density at radius 1 is 1.20 bits per heavy atom. The second-order valence-electron chi connectivity index (χ2n) is 8.56. The molecule has 2 aromatic rings. The van der Waals surface area contributed by atoms with Crippen molar-refractivity contribution in [2.24, 2.45) is 4.99 Å². The smallest absolute Gasteiger partial charge is 0.338 e. The summed E-state index contributed by atoms with van der Waals surface area (Å²) in [4.78, 5) is 37.0. The van der Waals surface area contributed by atoms with Crippen LogP contribution in [0.4, 0.5) is 0 Å². The van der Waals surface area contributed by atoms with E-state index >= 15 is 0 Å². The van der Waals surface area contributed by atoms with Crippen molar-refractivity contribution in [1.82, 2.24) is 15.2 Å². The third-order valence-corrected chi connectivity index (χ3v) is 7.02. The van der Waals surface area contributed by atoms with Gasteiger partial charge in [0.25, 0.3) is 0 Å². The highest BCUT2D eigenvalue weighted by Gasteiger charge is 2.42. The van der Waals surface area contributed by atoms with Gasteiger partial charge in [0.1, 0.15) is 0 Å². The summed E-state index contributed by atoms with van der Waals surface area (Å²) in [6.07, 6.45) is 3.20. The number of allylic oxidation sites excluding steroid dienone is 1. The van der Waals surface area contributed by atoms with Gasteiger partial charge in [0.05, 0.1) is 30.8 Å². The second-order valence-corrected chi connectivity index (χ2v) is 9.39. The fourth-order valence-electron chi connectivity index (χ4n) is 4.36. The maximum absolute atomic E-state index is 13.0. The number of hydrogen-bond acceptors (Lipinski definition) is 7. The van der Waals surface area contributed by atoms with E-state index in [0.717, 1.165) is 38.9 Å². The number of nitrogens with zero attached hydrogens (tertiary/aromatic N) is 3. The summed E-state index contributed by atoms with van der Waals surface area (Å²) < 4.78 is 5.20. The lowest BCUT2D eigenvalue weighted by atomic mass is 9.89. The van der Waals surface area contributed by atoms with Crippen LogP contribution in [0.15, 0.2) is 70.0 Å². The van der Waals surface area contributed by atoms with E-state index in [-0.39, 0.29) is 12.3 Å². The molecule has 0 spiro atoms. The zero-order valence-corrected chi connectivity index (χ0v) is 21.3. The quantitative estimate of drug-likeness (QED) is 0.545. The molecule has 35 heavy (non-hydrogen) atoms. The highest BCUT2D eigenvalue weighted by molar-refractivity contribution is 8.16. The lowest BCUT2D eigenvalue weighted by Crippen LogP contribution is -2.38. The van der Waals surface area contributed by atoms with Crippen molar-refractivity contribution in [2.75, 3.05) is 13.7 Å². The van der Waals surface area contributed by atoms with Crippen molar-refractivity contribution in [3.05, 3.63) is 87.4 Å². The molecule has 2 aliphatic rings. The van der Waals surface area contributed by atoms with E-state index in [2.05, 4.69) is 28.5 Å². The molecule has 1 N–H and O–H groups in total. The van der Waals surface area contributed by atoms with Gasteiger partial charge in [-0.3, -0.25) is 9.78 Å². The van der Waals surface area contributed by atoms with Crippen LogP contribution in [0.3, 0.4) is 0 Å². The van der Waals surface area contributed by atoms with E-state index in [1.807, 2.05) is 49.3 Å². The van der Waals surface area contributed by atoms with Gasteiger partial charge in [0.15, 0.2) is 5.17 Å². The lowest BCUT2D eigenvalue weighted by Gasteiger charge is -2.37. The first kappa shape index (κ1) is 24.7. The van der Waals surface area contributed by atoms with Crippen LogP contribution in [-0.2, 0) is 20.7 Å². The van der Waals surface area contributed by atoms with Crippen LogP contribution in [-0.4, -0.2) is 40.6 Å². The fourth-order valence-corrected chi connectivity index (χ4v) is 5.30. The van der Waals surface area contributed by atoms with Crippen molar-refractivity contribution < 1.29 is 14.3 Å². The van der Waals surface area contributed by atoms with E-state index < -0.39 is 12.0 Å². The van der Waals surface area contributed by atoms with Gasteiger partial charge in [-0.1, -0.05) is 48.5 Å². The van der Waals surface area contributed by atoms with E-state index in [9.17, 15) is 9.59 Å². The van der Waals surface area contributed by atoms with E-state index in [1.54, 1.807) is 6.20 Å². The van der Waals surface area contributed by atoms with Gasteiger partial charge in [0.2, 0.25) is 5.91 Å². The number of aliphatic imine (C=N–C) groups is 1. The third kappa shape index (κ3) is 5.32. The number of methoxy groups -OCH3 is 1. The molecule has 182 valence electrons. The number of aromatic nitrogens is 1. The molecular weight excluding hydrogens is 460 g/mol. The zero-order chi connectivity index (χ0) is 24.9. The number of rotatable bonds is 8. The Hall–Kier alpha value is -3.39. The summed E-state index contributed by atoms with van der Waals surface area (Å²) in [7, 11) is 1.40. The van der Waals surface area contributed by atoms with Crippen LogP contribution in [0.1, 0.15) is 48.2 Å². The normalized spacial score (nSPS) is 17.0. The number of nitrogens with one attached hydrogen (secondary N) is 1. The van der Waals surface area contributed by atoms with Crippen molar-refractivity contribution >= 4 is 28.8 Å². The first-order valence-electron chi connectivity index (χ1n) is 11.7. The first-order valence-corrected chi connectivity index (χ1v) is 12.6. The highest BCUT2D eigenvalue weighted by atomic mass is 32.2. The molecule has 1 atom stereocenters. The molecule has 0 fully saturated rings. The Balaban J connectivity index is 1.61. The van der Waals surface area contributed by atoms with Gasteiger partial charge < -0.3 is 15.0 Å². The number of aryl methyl sites for hydroxylation is 2. The van der Waals surface area contributed by atoms with Crippen LogP contribution in [0, 0.1) is 13.8 Å². The number of pyridine rings is 1. The van der Waals surface area contributed by atoms with Gasteiger partial charge in [-0.2, -0.15) is 0 Å². The molecule has 1 aromatic carbocycles. The highest BCUT2D eigenvalue weighted by Crippen LogP contribution is 2.46. The van der Waals surface area contributed by atoms with Gasteiger partial charge in [0, 0.05) is 30.6 Å². The molecule has 0 aliphatic carbocycles. The van der Waals surface area contributed by atoms with Gasteiger partial charge in [-0.25, -0.2) is 9.79 Å². The molecule has 0 radical (unpaired) electrons. The molecule has 2 aliphatic heterocycles. The average molecular weight is 491 g/mol. The summed E-state index contributed by atoms with van der Waals surface area (Å²) >= 11 is 1.48. The van der Waals surface area contributed by atoms with Crippen LogP contribution in [0.2, 0.25) is 0 Å². The predicted octanol–water partition coefficient (Wildman–Crippen LogP) is 4.59. The third-order valence-electron chi connectivity index (χ3n) is 6.13. The number of benzene rings is 1. The van der Waals surface area contributed by atoms with Crippen LogP contribution < -0.4 is 5.32 Å². The second kappa shape index (κ2) is 10.9. The molecule has 1 aromatic heterocycles.